The highest BCUT2D eigenvalue weighted by molar-refractivity contribution is 6.46. The number of hydrogen-bond acceptors (Lipinski definition) is 7. The molecule has 3 aromatic rings. The first-order chi connectivity index (χ1) is 16.1. The average molecular weight is 447 g/mol. The van der Waals surface area contributed by atoms with Crippen LogP contribution in [0.2, 0.25) is 0 Å². The lowest BCUT2D eigenvalue weighted by molar-refractivity contribution is -0.140. The molecule has 9 heteroatoms. The van der Waals surface area contributed by atoms with Gasteiger partial charge in [-0.3, -0.25) is 23.9 Å². The number of Topliss-reactive ketones (excluding diaryl/α,β-unsaturated/α-hetero) is 1. The molecule has 1 amide bonds. The molecule has 0 spiro atoms. The summed E-state index contributed by atoms with van der Waals surface area (Å²) in [5, 5.41) is 11.4. The van der Waals surface area contributed by atoms with Gasteiger partial charge in [0.2, 0.25) is 0 Å². The quantitative estimate of drug-likeness (QED) is 0.362. The van der Waals surface area contributed by atoms with Gasteiger partial charge in [-0.25, -0.2) is 4.98 Å². The van der Waals surface area contributed by atoms with Crippen molar-refractivity contribution in [3.63, 3.8) is 0 Å². The summed E-state index contributed by atoms with van der Waals surface area (Å²) >= 11 is 0. The van der Waals surface area contributed by atoms with E-state index in [4.69, 9.17) is 4.74 Å². The van der Waals surface area contributed by atoms with Gasteiger partial charge in [0, 0.05) is 44.8 Å². The Morgan fingerprint density at radius 1 is 1.15 bits per heavy atom. The first kappa shape index (κ1) is 21.3. The zero-order chi connectivity index (χ0) is 22.9. The minimum absolute atomic E-state index is 0.0590. The summed E-state index contributed by atoms with van der Waals surface area (Å²) in [5.41, 5.74) is 2.36. The molecule has 0 radical (unpaired) electrons. The number of amides is 1. The minimum atomic E-state index is -0.728. The monoisotopic (exact) mass is 447 g/mol. The van der Waals surface area contributed by atoms with Gasteiger partial charge in [-0.2, -0.15) is 0 Å². The molecular formula is C24H25N5O4. The molecule has 2 aliphatic heterocycles. The maximum Gasteiger partial charge on any atom is 0.295 e. The molecule has 5 heterocycles. The van der Waals surface area contributed by atoms with E-state index < -0.39 is 17.7 Å². The lowest BCUT2D eigenvalue weighted by atomic mass is 9.97. The standard InChI is InChI=1S/C24H25N5O4/c1-16-20(28-8-3-2-6-18(28)26-16)22(30)19-21(17-5-4-7-25-15-17)29(24(32)23(19)31)10-9-27-11-13-33-14-12-27/h2-8,15,21,30H,9-14H2,1H3/t21-/m0/s1. The molecule has 1 atom stereocenters. The van der Waals surface area contributed by atoms with E-state index in [9.17, 15) is 14.7 Å². The van der Waals surface area contributed by atoms with Crippen molar-refractivity contribution in [1.29, 1.82) is 0 Å². The third kappa shape index (κ3) is 3.79. The fraction of sp³-hybridized carbons (Fsp3) is 0.333. The third-order valence-electron chi connectivity index (χ3n) is 6.23. The molecule has 2 fully saturated rings. The molecule has 0 bridgehead atoms. The fourth-order valence-electron chi connectivity index (χ4n) is 4.60. The highest BCUT2D eigenvalue weighted by Gasteiger charge is 2.46. The molecule has 3 aromatic heterocycles. The number of imidazole rings is 1. The number of carbonyl (C=O) groups excluding carboxylic acids is 2. The van der Waals surface area contributed by atoms with Crippen LogP contribution in [0.4, 0.5) is 0 Å². The van der Waals surface area contributed by atoms with Crippen LogP contribution in [0, 0.1) is 6.92 Å². The summed E-state index contributed by atoms with van der Waals surface area (Å²) in [4.78, 5) is 38.8. The molecule has 0 unspecified atom stereocenters. The van der Waals surface area contributed by atoms with Crippen LogP contribution in [0.5, 0.6) is 0 Å². The summed E-state index contributed by atoms with van der Waals surface area (Å²) in [6, 6.07) is 8.35. The van der Waals surface area contributed by atoms with Crippen LogP contribution in [0.15, 0.2) is 54.5 Å². The Morgan fingerprint density at radius 2 is 1.97 bits per heavy atom. The maximum absolute atomic E-state index is 13.2. The predicted octanol–water partition coefficient (Wildman–Crippen LogP) is 1.79. The Bertz CT molecular complexity index is 1230. The van der Waals surface area contributed by atoms with E-state index in [0.29, 0.717) is 48.9 Å². The number of hydrogen-bond donors (Lipinski definition) is 1. The summed E-state index contributed by atoms with van der Waals surface area (Å²) in [5.74, 6) is -1.55. The number of morpholine rings is 1. The number of nitrogens with zero attached hydrogens (tertiary/aromatic N) is 5. The van der Waals surface area contributed by atoms with Gasteiger partial charge in [-0.05, 0) is 30.7 Å². The summed E-state index contributed by atoms with van der Waals surface area (Å²) < 4.78 is 7.13. The Hall–Kier alpha value is -3.56. The van der Waals surface area contributed by atoms with Gasteiger partial charge in [-0.1, -0.05) is 12.1 Å². The van der Waals surface area contributed by atoms with E-state index in [-0.39, 0.29) is 11.3 Å². The van der Waals surface area contributed by atoms with Crippen LogP contribution in [0.3, 0.4) is 0 Å². The molecule has 0 saturated carbocycles. The first-order valence-electron chi connectivity index (χ1n) is 11.0. The normalized spacial score (nSPS) is 21.2. The molecule has 2 saturated heterocycles. The van der Waals surface area contributed by atoms with Gasteiger partial charge in [-0.15, -0.1) is 0 Å². The number of aromatic nitrogens is 3. The zero-order valence-electron chi connectivity index (χ0n) is 18.3. The third-order valence-corrected chi connectivity index (χ3v) is 6.23. The van der Waals surface area contributed by atoms with E-state index in [0.717, 1.165) is 13.1 Å². The lowest BCUT2D eigenvalue weighted by Gasteiger charge is -2.30. The topological polar surface area (TPSA) is 100 Å². The number of ether oxygens (including phenoxy) is 1. The van der Waals surface area contributed by atoms with E-state index in [1.165, 1.54) is 0 Å². The average Bonchev–Trinajstić information content (AvgIpc) is 3.31. The molecule has 0 aromatic carbocycles. The molecule has 0 aliphatic carbocycles. The Kier molecular flexibility index (Phi) is 5.65. The number of rotatable bonds is 5. The van der Waals surface area contributed by atoms with Crippen molar-refractivity contribution in [2.75, 3.05) is 39.4 Å². The van der Waals surface area contributed by atoms with Crippen LogP contribution < -0.4 is 0 Å². The molecule has 9 nitrogen and oxygen atoms in total. The van der Waals surface area contributed by atoms with Crippen LogP contribution in [-0.4, -0.2) is 80.4 Å². The van der Waals surface area contributed by atoms with E-state index in [1.807, 2.05) is 24.3 Å². The molecule has 2 aliphatic rings. The van der Waals surface area contributed by atoms with Gasteiger partial charge >= 0.3 is 0 Å². The van der Waals surface area contributed by atoms with E-state index in [2.05, 4.69) is 14.9 Å². The Balaban J connectivity index is 1.59. The van der Waals surface area contributed by atoms with Crippen molar-refractivity contribution >= 4 is 23.1 Å². The minimum Gasteiger partial charge on any atom is -0.505 e. The van der Waals surface area contributed by atoms with Crippen molar-refractivity contribution in [2.24, 2.45) is 0 Å². The van der Waals surface area contributed by atoms with E-state index >= 15 is 0 Å². The highest BCUT2D eigenvalue weighted by atomic mass is 16.5. The Morgan fingerprint density at radius 3 is 2.73 bits per heavy atom. The largest absolute Gasteiger partial charge is 0.505 e. The number of aliphatic hydroxyl groups excluding tert-OH is 1. The second-order valence-electron chi connectivity index (χ2n) is 8.21. The molecule has 170 valence electrons. The van der Waals surface area contributed by atoms with E-state index in [1.54, 1.807) is 40.9 Å². The number of aryl methyl sites for hydroxylation is 1. The van der Waals surface area contributed by atoms with Crippen LogP contribution in [-0.2, 0) is 14.3 Å². The second kappa shape index (κ2) is 8.76. The van der Waals surface area contributed by atoms with Crippen molar-refractivity contribution in [3.8, 4) is 0 Å². The Labute approximate surface area is 190 Å². The van der Waals surface area contributed by atoms with Gasteiger partial charge in [0.25, 0.3) is 11.7 Å². The molecule has 1 N–H and O–H groups in total. The number of pyridine rings is 2. The lowest BCUT2D eigenvalue weighted by Crippen LogP contribution is -2.42. The maximum atomic E-state index is 13.2. The smallest absolute Gasteiger partial charge is 0.295 e. The van der Waals surface area contributed by atoms with Crippen LogP contribution in [0.25, 0.3) is 11.4 Å². The number of ketones is 1. The SMILES string of the molecule is Cc1nc2ccccn2c1C(O)=C1C(=O)C(=O)N(CCN2CCOCC2)[C@H]1c1cccnc1. The number of fused-ring (bicyclic) bond motifs is 1. The van der Waals surface area contributed by atoms with Crippen molar-refractivity contribution < 1.29 is 19.4 Å². The number of likely N-dealkylation sites (tertiary alicyclic amines) is 1. The molecule has 33 heavy (non-hydrogen) atoms. The van der Waals surface area contributed by atoms with Gasteiger partial charge in [0.1, 0.15) is 11.3 Å². The fourth-order valence-corrected chi connectivity index (χ4v) is 4.60. The van der Waals surface area contributed by atoms with Crippen molar-refractivity contribution in [3.05, 3.63) is 71.4 Å². The summed E-state index contributed by atoms with van der Waals surface area (Å²) in [6.45, 7) is 5.60. The van der Waals surface area contributed by atoms with Crippen molar-refractivity contribution in [1.82, 2.24) is 24.2 Å². The van der Waals surface area contributed by atoms with Gasteiger partial charge < -0.3 is 14.7 Å². The van der Waals surface area contributed by atoms with Crippen LogP contribution >= 0.6 is 0 Å². The zero-order valence-corrected chi connectivity index (χ0v) is 18.3. The predicted molar refractivity (Wildman–Crippen MR) is 120 cm³/mol. The van der Waals surface area contributed by atoms with Gasteiger partial charge in [0.15, 0.2) is 5.76 Å². The number of carbonyl (C=O) groups is 2. The second-order valence-corrected chi connectivity index (χ2v) is 8.21. The first-order valence-corrected chi connectivity index (χ1v) is 11.0. The van der Waals surface area contributed by atoms with Crippen LogP contribution in [0.1, 0.15) is 23.0 Å². The summed E-state index contributed by atoms with van der Waals surface area (Å²) in [6.07, 6.45) is 5.04. The van der Waals surface area contributed by atoms with Crippen molar-refractivity contribution in [2.45, 2.75) is 13.0 Å². The summed E-state index contributed by atoms with van der Waals surface area (Å²) in [7, 11) is 0. The molecule has 5 rings (SSSR count). The number of aliphatic hydroxyl groups is 1. The molecular weight excluding hydrogens is 422 g/mol. The van der Waals surface area contributed by atoms with Gasteiger partial charge in [0.05, 0.1) is 30.5 Å². The highest BCUT2D eigenvalue weighted by Crippen LogP contribution is 2.39.